The van der Waals surface area contributed by atoms with E-state index in [-0.39, 0.29) is 11.8 Å². The fourth-order valence-corrected chi connectivity index (χ4v) is 4.44. The number of rotatable bonds is 7. The lowest BCUT2D eigenvalue weighted by molar-refractivity contribution is 0.0986. The Morgan fingerprint density at radius 1 is 1.10 bits per heavy atom. The third-order valence-electron chi connectivity index (χ3n) is 4.94. The molecule has 0 saturated carbocycles. The molecule has 0 atom stereocenters. The van der Waals surface area contributed by atoms with E-state index < -0.39 is 0 Å². The van der Waals surface area contributed by atoms with Crippen molar-refractivity contribution < 1.29 is 9.59 Å². The molecule has 1 saturated heterocycles. The summed E-state index contributed by atoms with van der Waals surface area (Å²) in [6.07, 6.45) is 4.55. The van der Waals surface area contributed by atoms with Gasteiger partial charge in [-0.3, -0.25) is 14.7 Å². The largest absolute Gasteiger partial charge is 0.326 e. The molecule has 0 aliphatic carbocycles. The van der Waals surface area contributed by atoms with Crippen LogP contribution >= 0.6 is 11.3 Å². The minimum Gasteiger partial charge on any atom is -0.318 e. The van der Waals surface area contributed by atoms with Crippen molar-refractivity contribution in [2.75, 3.05) is 18.0 Å². The third kappa shape index (κ3) is 4.35. The number of ketones is 1. The molecule has 2 amide bonds. The van der Waals surface area contributed by atoms with Crippen molar-refractivity contribution in [2.45, 2.75) is 26.3 Å². The number of carbonyl (C=O) groups is 2. The molecule has 1 fully saturated rings. The topological polar surface area (TPSA) is 66.4 Å². The summed E-state index contributed by atoms with van der Waals surface area (Å²) in [7, 11) is 0. The number of hydrogen-bond acceptors (Lipinski definition) is 5. The first-order valence-corrected chi connectivity index (χ1v) is 10.4. The van der Waals surface area contributed by atoms with Crippen LogP contribution in [0.3, 0.4) is 0 Å². The van der Waals surface area contributed by atoms with E-state index >= 15 is 0 Å². The Balaban J connectivity index is 1.42. The smallest absolute Gasteiger partial charge is 0.318 e. The number of hydrogen-bond donors (Lipinski definition) is 0. The van der Waals surface area contributed by atoms with Crippen LogP contribution in [0.5, 0.6) is 0 Å². The van der Waals surface area contributed by atoms with Crippen molar-refractivity contribution in [2.24, 2.45) is 0 Å². The molecule has 0 N–H and O–H groups in total. The zero-order valence-corrected chi connectivity index (χ0v) is 17.1. The molecule has 3 heterocycles. The molecule has 1 aliphatic heterocycles. The number of aromatic nitrogens is 2. The fraction of sp³-hybridized carbons (Fsp3) is 0.273. The maximum absolute atomic E-state index is 12.8. The van der Waals surface area contributed by atoms with Gasteiger partial charge in [-0.15, -0.1) is 0 Å². The van der Waals surface area contributed by atoms with Crippen LogP contribution < -0.4 is 4.90 Å². The number of aryl methyl sites for hydroxylation is 2. The van der Waals surface area contributed by atoms with Crippen molar-refractivity contribution in [1.82, 2.24) is 14.9 Å². The molecule has 0 spiro atoms. The maximum atomic E-state index is 12.8. The minimum atomic E-state index is -0.0584. The van der Waals surface area contributed by atoms with E-state index in [0.717, 1.165) is 11.1 Å². The number of urea groups is 1. The van der Waals surface area contributed by atoms with Crippen molar-refractivity contribution in [3.8, 4) is 0 Å². The molecule has 1 aromatic carbocycles. The Morgan fingerprint density at radius 2 is 1.90 bits per heavy atom. The van der Waals surface area contributed by atoms with E-state index in [4.69, 9.17) is 0 Å². The summed E-state index contributed by atoms with van der Waals surface area (Å²) in [4.78, 5) is 38.3. The number of benzene rings is 1. The zero-order chi connectivity index (χ0) is 20.2. The molecule has 148 valence electrons. The van der Waals surface area contributed by atoms with Gasteiger partial charge >= 0.3 is 6.03 Å². The van der Waals surface area contributed by atoms with Gasteiger partial charge in [0.2, 0.25) is 0 Å². The normalized spacial score (nSPS) is 13.9. The number of amides is 2. The molecule has 29 heavy (non-hydrogen) atoms. The van der Waals surface area contributed by atoms with Crippen molar-refractivity contribution >= 4 is 28.3 Å². The molecule has 4 rings (SSSR count). The summed E-state index contributed by atoms with van der Waals surface area (Å²) in [6, 6.07) is 13.7. The van der Waals surface area contributed by atoms with E-state index in [1.165, 1.54) is 11.3 Å². The SMILES string of the molecule is Cc1nc(N2CCN(Cc3ccccc3)C2=O)sc1C(=O)CCc1cccnc1. The average Bonchev–Trinajstić information content (AvgIpc) is 3.30. The lowest BCUT2D eigenvalue weighted by Crippen LogP contribution is -2.31. The predicted octanol–water partition coefficient (Wildman–Crippen LogP) is 4.10. The fourth-order valence-electron chi connectivity index (χ4n) is 3.38. The third-order valence-corrected chi connectivity index (χ3v) is 6.17. The van der Waals surface area contributed by atoms with Crippen LogP contribution in [-0.2, 0) is 13.0 Å². The first-order valence-electron chi connectivity index (χ1n) is 9.61. The van der Waals surface area contributed by atoms with E-state index in [2.05, 4.69) is 9.97 Å². The molecule has 0 unspecified atom stereocenters. The monoisotopic (exact) mass is 406 g/mol. The average molecular weight is 407 g/mol. The molecule has 1 aliphatic rings. The second-order valence-corrected chi connectivity index (χ2v) is 8.01. The number of thiazole rings is 1. The molecular weight excluding hydrogens is 384 g/mol. The second-order valence-electron chi connectivity index (χ2n) is 7.04. The summed E-state index contributed by atoms with van der Waals surface area (Å²) < 4.78 is 0. The van der Waals surface area contributed by atoms with Gasteiger partial charge < -0.3 is 4.90 Å². The van der Waals surface area contributed by atoms with Crippen LogP contribution in [-0.4, -0.2) is 39.8 Å². The number of Topliss-reactive ketones (excluding diaryl/α,β-unsaturated/α-hetero) is 1. The first-order chi connectivity index (χ1) is 14.1. The Kier molecular flexibility index (Phi) is 5.67. The van der Waals surface area contributed by atoms with Gasteiger partial charge in [0, 0.05) is 38.4 Å². The molecule has 2 aromatic heterocycles. The molecule has 0 bridgehead atoms. The number of anilines is 1. The van der Waals surface area contributed by atoms with Crippen LogP contribution in [0.15, 0.2) is 54.9 Å². The lowest BCUT2D eigenvalue weighted by Gasteiger charge is -2.16. The van der Waals surface area contributed by atoms with Crippen molar-refractivity contribution in [3.63, 3.8) is 0 Å². The predicted molar refractivity (Wildman–Crippen MR) is 113 cm³/mol. The Labute approximate surface area is 173 Å². The summed E-state index contributed by atoms with van der Waals surface area (Å²) in [5.74, 6) is 0.0582. The molecule has 3 aromatic rings. The highest BCUT2D eigenvalue weighted by Crippen LogP contribution is 2.30. The van der Waals surface area contributed by atoms with E-state index in [1.807, 2.05) is 54.3 Å². The van der Waals surface area contributed by atoms with Gasteiger partial charge in [0.25, 0.3) is 0 Å². The highest BCUT2D eigenvalue weighted by atomic mass is 32.1. The number of nitrogens with zero attached hydrogens (tertiary/aromatic N) is 4. The maximum Gasteiger partial charge on any atom is 0.326 e. The van der Waals surface area contributed by atoms with Gasteiger partial charge in [0.05, 0.1) is 10.6 Å². The summed E-state index contributed by atoms with van der Waals surface area (Å²) in [5, 5.41) is 0.604. The number of carbonyl (C=O) groups excluding carboxylic acids is 2. The van der Waals surface area contributed by atoms with Gasteiger partial charge in [0.15, 0.2) is 10.9 Å². The van der Waals surface area contributed by atoms with Crippen molar-refractivity contribution in [1.29, 1.82) is 0 Å². The minimum absolute atomic E-state index is 0.0582. The Morgan fingerprint density at radius 3 is 2.66 bits per heavy atom. The van der Waals surface area contributed by atoms with Crippen LogP contribution in [0, 0.1) is 6.92 Å². The molecule has 7 heteroatoms. The first kappa shape index (κ1) is 19.3. The summed E-state index contributed by atoms with van der Waals surface area (Å²) in [6.45, 7) is 3.65. The molecule has 6 nitrogen and oxygen atoms in total. The summed E-state index contributed by atoms with van der Waals surface area (Å²) in [5.41, 5.74) is 2.83. The highest BCUT2D eigenvalue weighted by molar-refractivity contribution is 7.17. The second kappa shape index (κ2) is 8.53. The van der Waals surface area contributed by atoms with Gasteiger partial charge in [0.1, 0.15) is 0 Å². The standard InChI is InChI=1S/C22H22N4O2S/c1-16-20(19(27)10-9-17-8-5-11-23-14-17)29-21(24-16)26-13-12-25(22(26)28)15-18-6-3-2-4-7-18/h2-8,11,14H,9-10,12-13,15H2,1H3. The van der Waals surface area contributed by atoms with Gasteiger partial charge in [-0.2, -0.15) is 0 Å². The Hall–Kier alpha value is -3.06. The highest BCUT2D eigenvalue weighted by Gasteiger charge is 2.32. The Bertz CT molecular complexity index is 1000. The summed E-state index contributed by atoms with van der Waals surface area (Å²) >= 11 is 1.31. The van der Waals surface area contributed by atoms with E-state index in [9.17, 15) is 9.59 Å². The van der Waals surface area contributed by atoms with Crippen LogP contribution in [0.4, 0.5) is 9.93 Å². The lowest BCUT2D eigenvalue weighted by atomic mass is 10.1. The van der Waals surface area contributed by atoms with Gasteiger partial charge in [-0.05, 0) is 30.5 Å². The van der Waals surface area contributed by atoms with E-state index in [1.54, 1.807) is 17.3 Å². The van der Waals surface area contributed by atoms with Crippen LogP contribution in [0.2, 0.25) is 0 Å². The van der Waals surface area contributed by atoms with Crippen LogP contribution in [0.25, 0.3) is 0 Å². The zero-order valence-electron chi connectivity index (χ0n) is 16.2. The quantitative estimate of drug-likeness (QED) is 0.554. The van der Waals surface area contributed by atoms with Crippen molar-refractivity contribution in [3.05, 3.63) is 76.6 Å². The van der Waals surface area contributed by atoms with E-state index in [0.29, 0.717) is 48.2 Å². The van der Waals surface area contributed by atoms with Gasteiger partial charge in [-0.25, -0.2) is 9.78 Å². The number of pyridine rings is 1. The molecule has 0 radical (unpaired) electrons. The van der Waals surface area contributed by atoms with Gasteiger partial charge in [-0.1, -0.05) is 47.7 Å². The van der Waals surface area contributed by atoms with Crippen LogP contribution in [0.1, 0.15) is 32.9 Å². The molecular formula is C22H22N4O2S.